The molecule has 0 aromatic heterocycles. The molecule has 52 atom stereocenters. The average molecular weight is 2100 g/mol. The lowest BCUT2D eigenvalue weighted by atomic mass is 9.88. The lowest BCUT2D eigenvalue weighted by Crippen LogP contribution is -2.71. The zero-order valence-electron chi connectivity index (χ0n) is 77.8. The Labute approximate surface area is 814 Å². The molecule has 36 N–H and O–H groups in total. The number of ether oxygens (including phenoxy) is 19. The lowest BCUT2D eigenvalue weighted by Gasteiger charge is -2.51. The van der Waals surface area contributed by atoms with E-state index in [0.717, 1.165) is 48.5 Å². The van der Waals surface area contributed by atoms with Crippen molar-refractivity contribution in [2.75, 3.05) is 66.1 Å². The molecule has 0 spiro atoms. The van der Waals surface area contributed by atoms with E-state index in [-0.39, 0.29) is 0 Å². The third-order valence-corrected chi connectivity index (χ3v) is 25.6. The van der Waals surface area contributed by atoms with Crippen molar-refractivity contribution in [3.63, 3.8) is 0 Å². The van der Waals surface area contributed by atoms with E-state index in [2.05, 4.69) is 37.2 Å². The number of aliphatic hydroxyl groups excluding tert-OH is 27. The maximum Gasteiger partial charge on any atom is 0.364 e. The minimum Gasteiger partial charge on any atom is -0.477 e. The van der Waals surface area contributed by atoms with Crippen LogP contribution in [-0.4, -0.2) is 585 Å². The van der Waals surface area contributed by atoms with Crippen LogP contribution in [0.1, 0.15) is 61.3 Å². The summed E-state index contributed by atoms with van der Waals surface area (Å²) in [5.74, 6) is -17.2. The molecule has 10 fully saturated rings. The maximum atomic E-state index is 13.6. The molecule has 10 rings (SSSR count). The largest absolute Gasteiger partial charge is 0.477 e. The number of carbonyl (C=O) groups excluding carboxylic acids is 7. The first-order chi connectivity index (χ1) is 67.7. The fraction of sp³-hybridized carbons (Fsp3) is 0.887. The molecule has 144 heavy (non-hydrogen) atoms. The molecule has 0 radical (unpaired) electrons. The highest BCUT2D eigenvalue weighted by Crippen LogP contribution is 2.43. The van der Waals surface area contributed by atoms with Gasteiger partial charge in [0, 0.05) is 61.3 Å². The minimum atomic E-state index is -3.15. The summed E-state index contributed by atoms with van der Waals surface area (Å²) in [6.45, 7) is -5.92. The quantitative estimate of drug-likeness (QED) is 0.0270. The first-order valence-electron chi connectivity index (χ1n) is 45.4. The molecule has 0 unspecified atom stereocenters. The van der Waals surface area contributed by atoms with Gasteiger partial charge in [-0.25, -0.2) is 9.59 Å². The van der Waals surface area contributed by atoms with Crippen LogP contribution < -0.4 is 37.2 Å². The fourth-order valence-corrected chi connectivity index (χ4v) is 18.4. The summed E-state index contributed by atoms with van der Waals surface area (Å²) >= 11 is 0. The number of nitrogens with one attached hydrogen (secondary N) is 7. The number of carboxylic acids is 2. The van der Waals surface area contributed by atoms with Crippen molar-refractivity contribution in [3.05, 3.63) is 0 Å². The molecule has 10 saturated heterocycles. The van der Waals surface area contributed by atoms with Crippen molar-refractivity contribution in [2.45, 2.75) is 379 Å². The molecule has 64 heteroatoms. The van der Waals surface area contributed by atoms with E-state index < -0.39 is 450 Å². The smallest absolute Gasteiger partial charge is 0.364 e. The van der Waals surface area contributed by atoms with E-state index in [4.69, 9.17) is 90.0 Å². The Balaban J connectivity index is 0.970. The summed E-state index contributed by atoms with van der Waals surface area (Å²) in [7, 11) is 0. The molecule has 10 aliphatic heterocycles. The summed E-state index contributed by atoms with van der Waals surface area (Å²) < 4.78 is 113. The topological polar surface area (TPSA) is 1000 Å². The molecule has 0 aliphatic carbocycles. The van der Waals surface area contributed by atoms with Crippen molar-refractivity contribution >= 4 is 53.3 Å². The molecule has 828 valence electrons. The second-order valence-corrected chi connectivity index (χ2v) is 36.1. The second kappa shape index (κ2) is 51.5. The van der Waals surface area contributed by atoms with Gasteiger partial charge in [0.05, 0.1) is 90.4 Å². The van der Waals surface area contributed by atoms with Crippen LogP contribution in [0, 0.1) is 0 Å². The Kier molecular flexibility index (Phi) is 42.6. The van der Waals surface area contributed by atoms with Crippen molar-refractivity contribution < 1.29 is 281 Å². The SMILES string of the molecule is CC(=O)N[C@@H]1[C@@H](O[C@H]2[C@@H](O)[C@@H](CO)O[C@@H](O[C@H]3[C@H](O)[C@@H](CO)O[C@@H](O[C@H]4[C@@H](O)[C@@H](CO[C@@H]5O[C@H](CO)[C@@H](O[C@@H]6O[C@H](CO[C@]7(C(=O)O)C[C@H](O)[C@@H](NC(C)=O)[C@H]([C@H](O)[C@H](O)CO)O7)[C@H](O)[C@H](O)[C@H]6O)[C@H](O)[C@H]5NC(C)=O)O[C@@H](O[C@H]5[C@H](O)[C@@H](NC(C)=O)[C@H](O[C@H]6[C@@H](O)[C@@H](CO[C@]7(C(=O)O)C[C@H](O)[C@@H](NC(C)=O)[C@H]([C@H](O)[C@H](O)CO)O7)O[C@H](O)[C@@H]6NC(C)=O)O[C@@H]5CO)[C@@H]4O)[C@@H]3NC(C)=O)[C@@H]2O)O[C@H](CO)[C@H](O)[C@@H]1O. The summed E-state index contributed by atoms with van der Waals surface area (Å²) in [6.07, 6.45) is -98.0. The van der Waals surface area contributed by atoms with Gasteiger partial charge in [-0.3, -0.25) is 33.6 Å². The summed E-state index contributed by atoms with van der Waals surface area (Å²) in [5, 5.41) is 343. The molecule has 0 aromatic carbocycles. The third-order valence-electron chi connectivity index (χ3n) is 25.6. The van der Waals surface area contributed by atoms with Gasteiger partial charge in [0.2, 0.25) is 41.4 Å². The zero-order chi connectivity index (χ0) is 107. The summed E-state index contributed by atoms with van der Waals surface area (Å²) in [6, 6.07) is -13.5. The predicted octanol–water partition coefficient (Wildman–Crippen LogP) is -23.4. The maximum absolute atomic E-state index is 13.6. The molecular formula is C80H131N7O57. The van der Waals surface area contributed by atoms with E-state index >= 15 is 0 Å². The number of aliphatic hydroxyl groups is 27. The van der Waals surface area contributed by atoms with E-state index in [1.165, 1.54) is 0 Å². The van der Waals surface area contributed by atoms with Gasteiger partial charge in [0.1, 0.15) is 232 Å². The van der Waals surface area contributed by atoms with Crippen molar-refractivity contribution in [3.8, 4) is 0 Å². The summed E-state index contributed by atoms with van der Waals surface area (Å²) in [5.41, 5.74) is 0. The van der Waals surface area contributed by atoms with Crippen LogP contribution in [0.4, 0.5) is 0 Å². The number of carboxylic acid groups (broad SMARTS) is 2. The van der Waals surface area contributed by atoms with E-state index in [9.17, 15) is 191 Å². The van der Waals surface area contributed by atoms with Crippen molar-refractivity contribution in [2.24, 2.45) is 0 Å². The second-order valence-electron chi connectivity index (χ2n) is 36.1. The highest BCUT2D eigenvalue weighted by Gasteiger charge is 2.64. The van der Waals surface area contributed by atoms with E-state index in [0.29, 0.717) is 0 Å². The van der Waals surface area contributed by atoms with Gasteiger partial charge in [-0.2, -0.15) is 0 Å². The number of hydrogen-bond acceptors (Lipinski definition) is 55. The lowest BCUT2D eigenvalue weighted by molar-refractivity contribution is -0.386. The monoisotopic (exact) mass is 2100 g/mol. The number of amides is 7. The Morgan fingerprint density at radius 1 is 0.285 bits per heavy atom. The molecule has 0 aromatic rings. The molecule has 7 amide bonds. The van der Waals surface area contributed by atoms with Crippen molar-refractivity contribution in [1.82, 2.24) is 37.2 Å². The number of hydrogen-bond donors (Lipinski definition) is 36. The highest BCUT2D eigenvalue weighted by atomic mass is 16.8. The van der Waals surface area contributed by atoms with E-state index in [1.807, 2.05) is 0 Å². The first-order valence-corrected chi connectivity index (χ1v) is 45.4. The molecule has 10 aliphatic rings. The Bertz CT molecular complexity index is 4200. The van der Waals surface area contributed by atoms with Crippen molar-refractivity contribution in [1.29, 1.82) is 0 Å². The van der Waals surface area contributed by atoms with Gasteiger partial charge in [-0.15, -0.1) is 0 Å². The van der Waals surface area contributed by atoms with Gasteiger partial charge in [-0.1, -0.05) is 0 Å². The first kappa shape index (κ1) is 119. The van der Waals surface area contributed by atoms with Crippen LogP contribution in [0.15, 0.2) is 0 Å². The summed E-state index contributed by atoms with van der Waals surface area (Å²) in [4.78, 5) is 116. The van der Waals surface area contributed by atoms with Gasteiger partial charge in [0.25, 0.3) is 11.6 Å². The molecule has 10 heterocycles. The van der Waals surface area contributed by atoms with Crippen LogP contribution in [0.2, 0.25) is 0 Å². The number of carbonyl (C=O) groups is 9. The molecule has 64 nitrogen and oxygen atoms in total. The Morgan fingerprint density at radius 3 is 0.965 bits per heavy atom. The molecule has 0 bridgehead atoms. The minimum absolute atomic E-state index is 0.851. The normalized spacial score (nSPS) is 44.6. The van der Waals surface area contributed by atoms with Gasteiger partial charge < -0.3 is 275 Å². The number of aliphatic carboxylic acids is 2. The van der Waals surface area contributed by atoms with Crippen LogP contribution in [-0.2, 0) is 133 Å². The predicted molar refractivity (Wildman–Crippen MR) is 445 cm³/mol. The molecular weight excluding hydrogens is 1970 g/mol. The van der Waals surface area contributed by atoms with Crippen LogP contribution in [0.5, 0.6) is 0 Å². The third kappa shape index (κ3) is 27.1. The Hall–Kier alpha value is -6.61. The average Bonchev–Trinajstić information content (AvgIpc) is 0.753. The van der Waals surface area contributed by atoms with Gasteiger partial charge in [0.15, 0.2) is 50.3 Å². The standard InChI is InChI=1S/C80H131N7O57/c1-20(95)81-39-27(102)8-79(77(122)123,143-65(39)46(106)29(104)10-88)127-18-37-49(109)57(117)58(118)74(136-37)137-61-34(15-93)133-70(42(55(61)115)84-23(4)98)126-17-36-53(113)68(142-73-45(87-26(7)101)64(50(110)32(13-91)131-73)140-75-59(119)67(51(111)33(14-92)132-75)141-71-41(83-22(3)97)54(114)48(108)31(12-90)130-71)60(120)76(135-36)138-62-35(16-94)134-72(43(56(62)116)85-24(5)99)139-63-44(86-25(6)100)69(121)129-38(52(63)112)19-128-80(78(124)125)9-28(103)40(82-21(2)96)66(144-80)47(107)30(105)11-89/h27-76,88-94,102-121H,8-19H2,1-7H3,(H,81,95)(H,82,96)(H,83,97)(H,84,98)(H,85,99)(H,86,100)(H,87,101)(H,122,123)(H,124,125)/t27-,28-,29+,30+,31+,32+,33+,34+,35+,36+,37+,38+,39+,40+,41-,42+,43+,44+,45+,46+,47+,48-,49-,50+,51-,52-,53-,54+,55+,56+,57-,58+,59+,60+,61+,62+,63+,64+,65+,66+,67-,68-,69-,70+,71+,72-,73-,74-,75-,76-,79+,80+/m0/s1. The Morgan fingerprint density at radius 2 is 0.562 bits per heavy atom. The fourth-order valence-electron chi connectivity index (χ4n) is 18.4. The number of rotatable bonds is 41. The molecule has 0 saturated carbocycles. The van der Waals surface area contributed by atoms with Crippen LogP contribution in [0.25, 0.3) is 0 Å². The van der Waals surface area contributed by atoms with Crippen LogP contribution >= 0.6 is 0 Å². The zero-order valence-corrected chi connectivity index (χ0v) is 77.8. The van der Waals surface area contributed by atoms with Crippen LogP contribution in [0.3, 0.4) is 0 Å². The van der Waals surface area contributed by atoms with Gasteiger partial charge >= 0.3 is 11.9 Å². The van der Waals surface area contributed by atoms with E-state index in [1.54, 1.807) is 0 Å². The highest BCUT2D eigenvalue weighted by molar-refractivity contribution is 5.78. The van der Waals surface area contributed by atoms with Gasteiger partial charge in [-0.05, 0) is 0 Å².